The van der Waals surface area contributed by atoms with Gasteiger partial charge in [-0.1, -0.05) is 0 Å². The monoisotopic (exact) mass is 224 g/mol. The first kappa shape index (κ1) is 17.0. The summed E-state index contributed by atoms with van der Waals surface area (Å²) in [5, 5.41) is 0. The van der Waals surface area contributed by atoms with E-state index in [1.807, 2.05) is 0 Å². The second kappa shape index (κ2) is 21.4. The molecule has 4 heteroatoms. The molecule has 4 radical (unpaired) electrons. The first-order valence-electron chi connectivity index (χ1n) is 0.204. The summed E-state index contributed by atoms with van der Waals surface area (Å²) in [4.78, 5) is 0. The van der Waals surface area contributed by atoms with Gasteiger partial charge >= 0.3 is 25.3 Å². The maximum absolute atomic E-state index is 4.08. The second-order valence-corrected chi connectivity index (χ2v) is 0. The summed E-state index contributed by atoms with van der Waals surface area (Å²) >= 11 is 1.58. The fourth-order valence-electron chi connectivity index (χ4n) is 0. The number of hydrogen-bond acceptors (Lipinski definition) is 1. The molecule has 0 heterocycles. The van der Waals surface area contributed by atoms with E-state index < -0.39 is 0 Å². The van der Waals surface area contributed by atoms with Crippen molar-refractivity contribution in [2.45, 2.75) is 0 Å². The minimum atomic E-state index is 0. The van der Waals surface area contributed by atoms with Gasteiger partial charge in [-0.05, 0) is 0 Å². The van der Waals surface area contributed by atoms with Crippen LogP contribution in [0, 0.1) is 0 Å². The van der Waals surface area contributed by atoms with E-state index in [1.165, 1.54) is 0 Å². The van der Waals surface area contributed by atoms with E-state index in [9.17, 15) is 0 Å². The summed E-state index contributed by atoms with van der Waals surface area (Å²) in [6, 6.07) is 0. The van der Waals surface area contributed by atoms with Crippen molar-refractivity contribution in [1.82, 2.24) is 0 Å². The van der Waals surface area contributed by atoms with Crippen molar-refractivity contribution in [3.63, 3.8) is 0 Å². The maximum atomic E-state index is 4.08. The fourth-order valence-corrected chi connectivity index (χ4v) is 0. The van der Waals surface area contributed by atoms with Gasteiger partial charge in [-0.2, -0.15) is 0 Å². The molecule has 0 aromatic heterocycles. The molecule has 0 aliphatic rings. The van der Waals surface area contributed by atoms with Crippen LogP contribution in [0.1, 0.15) is 0 Å². The molecule has 0 aliphatic heterocycles. The van der Waals surface area contributed by atoms with E-state index in [1.54, 1.807) is 14.9 Å². The summed E-state index contributed by atoms with van der Waals surface area (Å²) in [5.74, 6) is 0. The van der Waals surface area contributed by atoms with Crippen LogP contribution in [0.3, 0.4) is 0 Å². The Bertz CT molecular complexity index is 8.00. The van der Waals surface area contributed by atoms with Crippen molar-refractivity contribution in [3.8, 4) is 0 Å². The third kappa shape index (κ3) is 9.19. The Morgan fingerprint density at radius 3 is 1.25 bits per heavy atom. The molecule has 4 heavy (non-hydrogen) atoms. The third-order valence-corrected chi connectivity index (χ3v) is 0. The molecule has 0 fully saturated rings. The van der Waals surface area contributed by atoms with Crippen molar-refractivity contribution >= 4 is 25.3 Å². The summed E-state index contributed by atoms with van der Waals surface area (Å²) in [6.45, 7) is 0. The van der Waals surface area contributed by atoms with Gasteiger partial charge in [-0.3, -0.25) is 0 Å². The molecule has 0 unspecified atom stereocenters. The molecule has 0 amide bonds. The zero-order chi connectivity index (χ0) is 2.00. The van der Waals surface area contributed by atoms with Crippen molar-refractivity contribution in [3.05, 3.63) is 0 Å². The van der Waals surface area contributed by atoms with Gasteiger partial charge in [0.1, 0.15) is 0 Å². The van der Waals surface area contributed by atoms with E-state index in [-0.39, 0.29) is 34.1 Å². The summed E-state index contributed by atoms with van der Waals surface area (Å²) in [7, 11) is 4.08. The Kier molecular flexibility index (Phi) is 91.1. The summed E-state index contributed by atoms with van der Waals surface area (Å²) < 4.78 is 0. The van der Waals surface area contributed by atoms with E-state index >= 15 is 0 Å². The van der Waals surface area contributed by atoms with Gasteiger partial charge in [0.15, 0.2) is 0 Å². The first-order valence-corrected chi connectivity index (χ1v) is 3.18. The van der Waals surface area contributed by atoms with Crippen molar-refractivity contribution in [2.75, 3.05) is 0 Å². The van der Waals surface area contributed by atoms with Crippen LogP contribution in [0.25, 0.3) is 0 Å². The average molecular weight is 223 g/mol. The van der Waals surface area contributed by atoms with Crippen LogP contribution in [0.2, 0.25) is 0 Å². The van der Waals surface area contributed by atoms with E-state index in [0.717, 1.165) is 0 Å². The summed E-state index contributed by atoms with van der Waals surface area (Å²) in [5.41, 5.74) is 0. The van der Waals surface area contributed by atoms with Gasteiger partial charge in [0.2, 0.25) is 0 Å². The zero-order valence-electron chi connectivity index (χ0n) is 1.59. The summed E-state index contributed by atoms with van der Waals surface area (Å²) in [6.07, 6.45) is 0. The predicted octanol–water partition coefficient (Wildman–Crippen LogP) is 0.262. The minimum absolute atomic E-state index is 0. The third-order valence-electron chi connectivity index (χ3n) is 0. The van der Waals surface area contributed by atoms with Gasteiger partial charge in [-0.15, -0.1) is 0 Å². The van der Waals surface area contributed by atoms with Crippen LogP contribution in [0.15, 0.2) is 0 Å². The molecule has 28 valence electrons. The van der Waals surface area contributed by atoms with E-state index in [2.05, 4.69) is 10.5 Å². The van der Waals surface area contributed by atoms with Crippen LogP contribution < -0.4 is 0 Å². The molecule has 0 atom stereocenters. The first-order chi connectivity index (χ1) is 1.00. The topological polar surface area (TPSA) is 0 Å². The molecule has 0 saturated heterocycles. The Morgan fingerprint density at radius 2 is 1.25 bits per heavy atom. The molecular weight excluding hydrogens is 223 g/mol. The van der Waals surface area contributed by atoms with Crippen molar-refractivity contribution < 1.29 is 34.1 Å². The van der Waals surface area contributed by atoms with Gasteiger partial charge in [0.05, 0.1) is 0 Å². The number of rotatable bonds is 0. The Balaban J connectivity index is -0.00000000500. The van der Waals surface area contributed by atoms with Crippen LogP contribution in [0.4, 0.5) is 0 Å². The SMILES string of the molecule is [Cu].[Mn].[S]=[Ge]. The molecule has 0 bridgehead atoms. The zero-order valence-corrected chi connectivity index (χ0v) is 6.62. The standard InChI is InChI=1S/Cu.GeS.Mn/c;1-2;. The molecule has 0 saturated carbocycles. The van der Waals surface area contributed by atoms with E-state index in [0.29, 0.717) is 0 Å². The molecule has 0 aliphatic carbocycles. The molecule has 0 nitrogen and oxygen atoms in total. The second-order valence-electron chi connectivity index (χ2n) is 0. The molecule has 0 rings (SSSR count). The number of hydrogen-bond donors (Lipinski definition) is 0. The van der Waals surface area contributed by atoms with Crippen LogP contribution in [-0.2, 0) is 34.1 Å². The van der Waals surface area contributed by atoms with Crippen LogP contribution in [0.5, 0.6) is 0 Å². The van der Waals surface area contributed by atoms with Gasteiger partial charge in [-0.25, -0.2) is 0 Å². The van der Waals surface area contributed by atoms with Gasteiger partial charge in [0, 0.05) is 34.1 Å². The molecule has 0 aromatic rings. The Labute approximate surface area is 59.1 Å². The molecule has 0 N–H and O–H groups in total. The van der Waals surface area contributed by atoms with Crippen molar-refractivity contribution in [1.29, 1.82) is 0 Å². The molecule has 0 spiro atoms. The predicted molar refractivity (Wildman–Crippen MR) is 13.3 cm³/mol. The van der Waals surface area contributed by atoms with Gasteiger partial charge < -0.3 is 0 Å². The quantitative estimate of drug-likeness (QED) is 0.531. The average Bonchev–Trinajstić information content (AvgIpc) is 1.00. The molecular formula is CuGeMnS. The molecule has 0 aromatic carbocycles. The Hall–Kier alpha value is 1.80. The van der Waals surface area contributed by atoms with Crippen LogP contribution >= 0.6 is 10.5 Å². The fraction of sp³-hybridized carbons (Fsp3) is 0. The van der Waals surface area contributed by atoms with E-state index in [4.69, 9.17) is 0 Å². The Morgan fingerprint density at radius 1 is 1.25 bits per heavy atom. The van der Waals surface area contributed by atoms with Crippen molar-refractivity contribution in [2.24, 2.45) is 0 Å². The van der Waals surface area contributed by atoms with Crippen LogP contribution in [-0.4, -0.2) is 14.9 Å². The van der Waals surface area contributed by atoms with Gasteiger partial charge in [0.25, 0.3) is 0 Å². The normalized spacial score (nSPS) is 1.00.